The number of carbonyl (C=O) groups excluding carboxylic acids is 1. The molecule has 0 saturated heterocycles. The minimum absolute atomic E-state index is 0.102. The largest absolute Gasteiger partial charge is 0.458 e. The quantitative estimate of drug-likeness (QED) is 0.533. The molecule has 0 fully saturated rings. The molecule has 0 heterocycles. The van der Waals surface area contributed by atoms with Crippen LogP contribution in [0.25, 0.3) is 0 Å². The van der Waals surface area contributed by atoms with Gasteiger partial charge in [0.15, 0.2) is 0 Å². The van der Waals surface area contributed by atoms with Crippen LogP contribution in [0.1, 0.15) is 60.3 Å². The van der Waals surface area contributed by atoms with Crippen LogP contribution in [-0.2, 0) is 9.53 Å². The van der Waals surface area contributed by atoms with Gasteiger partial charge < -0.3 is 4.74 Å². The lowest BCUT2D eigenvalue weighted by atomic mass is 9.68. The third-order valence-corrected chi connectivity index (χ3v) is 3.93. The third kappa shape index (κ3) is 4.85. The highest BCUT2D eigenvalue weighted by Gasteiger charge is 2.30. The van der Waals surface area contributed by atoms with E-state index in [4.69, 9.17) is 4.74 Å². The van der Waals surface area contributed by atoms with Crippen LogP contribution in [0.3, 0.4) is 0 Å². The lowest BCUT2D eigenvalue weighted by Crippen LogP contribution is -2.26. The molecule has 2 atom stereocenters. The minimum Gasteiger partial charge on any atom is -0.458 e. The molecule has 2 heteroatoms. The molecule has 1 rings (SSSR count). The molecule has 1 aliphatic rings. The Balaban J connectivity index is 2.61. The van der Waals surface area contributed by atoms with E-state index in [0.717, 1.165) is 6.42 Å². The molecule has 0 amide bonds. The van der Waals surface area contributed by atoms with Crippen molar-refractivity contribution in [2.45, 2.75) is 66.4 Å². The van der Waals surface area contributed by atoms with Gasteiger partial charge in [0.2, 0.25) is 0 Å². The second-order valence-electron chi connectivity index (χ2n) is 6.28. The molecule has 2 nitrogen and oxygen atoms in total. The van der Waals surface area contributed by atoms with Crippen LogP contribution < -0.4 is 0 Å². The summed E-state index contributed by atoms with van der Waals surface area (Å²) in [5.41, 5.74) is 1.72. The molecular formula is C17H28O2. The number of ether oxygens (including phenoxy) is 1. The SMILES string of the molecule is CCCC(=O)OC(C)/C=C/C1C(C)=CCCC1(C)C. The van der Waals surface area contributed by atoms with Gasteiger partial charge in [-0.05, 0) is 44.6 Å². The lowest BCUT2D eigenvalue weighted by molar-refractivity contribution is -0.146. The van der Waals surface area contributed by atoms with Crippen LogP contribution in [0, 0.1) is 11.3 Å². The van der Waals surface area contributed by atoms with Gasteiger partial charge in [0.25, 0.3) is 0 Å². The fourth-order valence-corrected chi connectivity index (χ4v) is 2.76. The molecule has 0 N–H and O–H groups in total. The Labute approximate surface area is 117 Å². The summed E-state index contributed by atoms with van der Waals surface area (Å²) in [6.45, 7) is 10.7. The van der Waals surface area contributed by atoms with Crippen LogP contribution in [0.15, 0.2) is 23.8 Å². The predicted octanol–water partition coefficient (Wildman–Crippen LogP) is 4.66. The summed E-state index contributed by atoms with van der Waals surface area (Å²) in [5.74, 6) is 0.350. The molecule has 19 heavy (non-hydrogen) atoms. The molecule has 0 bridgehead atoms. The Hall–Kier alpha value is -1.05. The summed E-state index contributed by atoms with van der Waals surface area (Å²) in [4.78, 5) is 11.4. The third-order valence-electron chi connectivity index (χ3n) is 3.93. The van der Waals surface area contributed by atoms with Gasteiger partial charge in [-0.15, -0.1) is 0 Å². The summed E-state index contributed by atoms with van der Waals surface area (Å²) in [6, 6.07) is 0. The lowest BCUT2D eigenvalue weighted by Gasteiger charge is -2.36. The van der Waals surface area contributed by atoms with Crippen molar-refractivity contribution in [3.05, 3.63) is 23.8 Å². The van der Waals surface area contributed by atoms with Gasteiger partial charge in [-0.1, -0.05) is 38.5 Å². The molecule has 0 radical (unpaired) electrons. The Kier molecular flexibility index (Phi) is 5.84. The average molecular weight is 264 g/mol. The first-order valence-corrected chi connectivity index (χ1v) is 7.41. The van der Waals surface area contributed by atoms with Crippen molar-refractivity contribution in [2.24, 2.45) is 11.3 Å². The first-order chi connectivity index (χ1) is 8.86. The molecule has 0 saturated carbocycles. The molecule has 0 aromatic carbocycles. The fraction of sp³-hybridized carbons (Fsp3) is 0.706. The number of allylic oxidation sites excluding steroid dienone is 3. The van der Waals surface area contributed by atoms with E-state index >= 15 is 0 Å². The van der Waals surface area contributed by atoms with E-state index in [0.29, 0.717) is 17.8 Å². The van der Waals surface area contributed by atoms with Gasteiger partial charge in [-0.25, -0.2) is 0 Å². The summed E-state index contributed by atoms with van der Waals surface area (Å²) in [7, 11) is 0. The maximum absolute atomic E-state index is 11.4. The zero-order valence-corrected chi connectivity index (χ0v) is 13.0. The molecule has 0 aliphatic heterocycles. The average Bonchev–Trinajstić information content (AvgIpc) is 2.27. The van der Waals surface area contributed by atoms with Gasteiger partial charge in [0.05, 0.1) is 0 Å². The monoisotopic (exact) mass is 264 g/mol. The molecule has 0 spiro atoms. The highest BCUT2D eigenvalue weighted by atomic mass is 16.5. The van der Waals surface area contributed by atoms with Crippen molar-refractivity contribution in [1.29, 1.82) is 0 Å². The molecule has 1 aliphatic carbocycles. The smallest absolute Gasteiger partial charge is 0.306 e. The van der Waals surface area contributed by atoms with Crippen LogP contribution in [-0.4, -0.2) is 12.1 Å². The van der Waals surface area contributed by atoms with E-state index in [1.165, 1.54) is 18.4 Å². The number of hydrogen-bond donors (Lipinski definition) is 0. The van der Waals surface area contributed by atoms with Gasteiger partial charge in [-0.3, -0.25) is 4.79 Å². The molecule has 2 unspecified atom stereocenters. The number of rotatable bonds is 5. The summed E-state index contributed by atoms with van der Waals surface area (Å²) >= 11 is 0. The second-order valence-corrected chi connectivity index (χ2v) is 6.28. The molecule has 0 aromatic rings. The van der Waals surface area contributed by atoms with Gasteiger partial charge >= 0.3 is 5.97 Å². The van der Waals surface area contributed by atoms with E-state index in [1.54, 1.807) is 0 Å². The molecule has 0 aromatic heterocycles. The topological polar surface area (TPSA) is 26.3 Å². The van der Waals surface area contributed by atoms with Gasteiger partial charge in [0, 0.05) is 12.3 Å². The maximum atomic E-state index is 11.4. The van der Waals surface area contributed by atoms with Crippen molar-refractivity contribution < 1.29 is 9.53 Å². The van der Waals surface area contributed by atoms with Gasteiger partial charge in [0.1, 0.15) is 6.10 Å². The summed E-state index contributed by atoms with van der Waals surface area (Å²) in [5, 5.41) is 0. The first kappa shape index (κ1) is 16.0. The Morgan fingerprint density at radius 3 is 2.84 bits per heavy atom. The van der Waals surface area contributed by atoms with Crippen LogP contribution >= 0.6 is 0 Å². The fourth-order valence-electron chi connectivity index (χ4n) is 2.76. The Morgan fingerprint density at radius 1 is 1.58 bits per heavy atom. The van der Waals surface area contributed by atoms with Crippen molar-refractivity contribution in [3.8, 4) is 0 Å². The Bertz CT molecular complexity index is 363. The number of hydrogen-bond acceptors (Lipinski definition) is 2. The van der Waals surface area contributed by atoms with Crippen LogP contribution in [0.5, 0.6) is 0 Å². The van der Waals surface area contributed by atoms with E-state index in [1.807, 2.05) is 19.9 Å². The number of carbonyl (C=O) groups is 1. The second kappa shape index (κ2) is 6.93. The van der Waals surface area contributed by atoms with Crippen molar-refractivity contribution in [1.82, 2.24) is 0 Å². The van der Waals surface area contributed by atoms with E-state index < -0.39 is 0 Å². The van der Waals surface area contributed by atoms with Gasteiger partial charge in [-0.2, -0.15) is 0 Å². The van der Waals surface area contributed by atoms with E-state index in [-0.39, 0.29) is 12.1 Å². The summed E-state index contributed by atoms with van der Waals surface area (Å²) < 4.78 is 5.34. The van der Waals surface area contributed by atoms with E-state index in [9.17, 15) is 4.79 Å². The number of esters is 1. The van der Waals surface area contributed by atoms with Crippen molar-refractivity contribution in [2.75, 3.05) is 0 Å². The standard InChI is InChI=1S/C17H28O2/c1-6-8-16(18)19-14(3)10-11-15-13(2)9-7-12-17(15,4)5/h9-11,14-15H,6-8,12H2,1-5H3/b11-10+. The normalized spacial score (nSPS) is 24.1. The zero-order valence-electron chi connectivity index (χ0n) is 13.0. The first-order valence-electron chi connectivity index (χ1n) is 7.41. The highest BCUT2D eigenvalue weighted by molar-refractivity contribution is 5.69. The maximum Gasteiger partial charge on any atom is 0.306 e. The predicted molar refractivity (Wildman–Crippen MR) is 79.9 cm³/mol. The van der Waals surface area contributed by atoms with Crippen LogP contribution in [0.4, 0.5) is 0 Å². The van der Waals surface area contributed by atoms with Crippen molar-refractivity contribution in [3.63, 3.8) is 0 Å². The highest BCUT2D eigenvalue weighted by Crippen LogP contribution is 2.41. The summed E-state index contributed by atoms with van der Waals surface area (Å²) in [6.07, 6.45) is 10.2. The molecule has 108 valence electrons. The zero-order chi connectivity index (χ0) is 14.5. The van der Waals surface area contributed by atoms with Crippen molar-refractivity contribution >= 4 is 5.97 Å². The Morgan fingerprint density at radius 2 is 2.26 bits per heavy atom. The minimum atomic E-state index is -0.135. The van der Waals surface area contributed by atoms with E-state index in [2.05, 4.69) is 32.9 Å². The van der Waals surface area contributed by atoms with Crippen LogP contribution in [0.2, 0.25) is 0 Å². The molecular weight excluding hydrogens is 236 g/mol.